The molecule has 0 spiro atoms. The van der Waals surface area contributed by atoms with Crippen LogP contribution in [0.15, 0.2) is 21.9 Å². The molecular weight excluding hydrogens is 324 g/mol. The minimum atomic E-state index is -4.94. The molecule has 1 amide bonds. The molecule has 18 heavy (non-hydrogen) atoms. The van der Waals surface area contributed by atoms with Crippen LogP contribution >= 0.6 is 35.0 Å². The van der Waals surface area contributed by atoms with Crippen LogP contribution in [0.4, 0.5) is 8.68 Å². The Bertz CT molecular complexity index is 590. The van der Waals surface area contributed by atoms with Gasteiger partial charge in [0.15, 0.2) is 0 Å². The number of thioether (sulfide) groups is 1. The fraction of sp³-hybridized carbons (Fsp3) is 0.222. The summed E-state index contributed by atoms with van der Waals surface area (Å²) in [5.74, 6) is 0. The van der Waals surface area contributed by atoms with Crippen LogP contribution in [-0.4, -0.2) is 32.7 Å². The number of hydrogen-bond acceptors (Lipinski definition) is 4. The van der Waals surface area contributed by atoms with E-state index in [0.717, 1.165) is 17.8 Å². The van der Waals surface area contributed by atoms with Crippen LogP contribution < -0.4 is 0 Å². The fourth-order valence-corrected chi connectivity index (χ4v) is 3.05. The third-order valence-electron chi connectivity index (χ3n) is 1.84. The highest BCUT2D eigenvalue weighted by Crippen LogP contribution is 2.38. The SMILES string of the molecule is CN(C)C(=O)Sc1ccc(S(=O)(=O)F)c(Cl)c1Cl. The standard InChI is InChI=1S/C9H8Cl2FNO3S2/c1-13(2)9(14)17-5-3-4-6(18(12,15)16)8(11)7(5)10/h3-4H,1-2H3. The van der Waals surface area contributed by atoms with Crippen LogP contribution in [0.2, 0.25) is 10.0 Å². The Morgan fingerprint density at radius 1 is 1.28 bits per heavy atom. The van der Waals surface area contributed by atoms with E-state index in [1.807, 2.05) is 0 Å². The predicted octanol–water partition coefficient (Wildman–Crippen LogP) is 3.43. The smallest absolute Gasteiger partial charge is 0.333 e. The second-order valence-corrected chi connectivity index (χ2v) is 6.45. The Morgan fingerprint density at radius 2 is 1.83 bits per heavy atom. The van der Waals surface area contributed by atoms with Crippen molar-refractivity contribution in [2.75, 3.05) is 14.1 Å². The minimum Gasteiger partial charge on any atom is -0.339 e. The highest BCUT2D eigenvalue weighted by Gasteiger charge is 2.22. The number of halogens is 3. The Labute approximate surface area is 118 Å². The minimum absolute atomic E-state index is 0.171. The van der Waals surface area contributed by atoms with Crippen LogP contribution in [0.3, 0.4) is 0 Å². The second kappa shape index (κ2) is 5.64. The average Bonchev–Trinajstić information content (AvgIpc) is 2.22. The summed E-state index contributed by atoms with van der Waals surface area (Å²) < 4.78 is 34.3. The maximum Gasteiger partial charge on any atom is 0.333 e. The molecule has 1 aromatic rings. The van der Waals surface area contributed by atoms with Gasteiger partial charge in [0.25, 0.3) is 5.24 Å². The molecule has 0 bridgehead atoms. The van der Waals surface area contributed by atoms with Gasteiger partial charge in [0.2, 0.25) is 0 Å². The maximum absolute atomic E-state index is 12.8. The number of nitrogens with zero attached hydrogens (tertiary/aromatic N) is 1. The average molecular weight is 332 g/mol. The van der Waals surface area contributed by atoms with Crippen LogP contribution in [0.25, 0.3) is 0 Å². The molecule has 0 aliphatic heterocycles. The molecule has 0 N–H and O–H groups in total. The number of rotatable bonds is 2. The van der Waals surface area contributed by atoms with Crippen molar-refractivity contribution in [2.45, 2.75) is 9.79 Å². The van der Waals surface area contributed by atoms with Gasteiger partial charge in [0.05, 0.1) is 10.0 Å². The molecular formula is C9H8Cl2FNO3S2. The number of benzene rings is 1. The molecule has 0 aliphatic carbocycles. The van der Waals surface area contributed by atoms with E-state index in [9.17, 15) is 17.1 Å². The summed E-state index contributed by atoms with van der Waals surface area (Å²) in [6, 6.07) is 2.20. The quantitative estimate of drug-likeness (QED) is 0.615. The summed E-state index contributed by atoms with van der Waals surface area (Å²) in [7, 11) is -1.84. The van der Waals surface area contributed by atoms with Crippen molar-refractivity contribution < 1.29 is 17.1 Å². The molecule has 0 atom stereocenters. The van der Waals surface area contributed by atoms with Crippen molar-refractivity contribution in [3.63, 3.8) is 0 Å². The Balaban J connectivity index is 3.21. The molecule has 0 unspecified atom stereocenters. The lowest BCUT2D eigenvalue weighted by molar-refractivity contribution is 0.241. The fourth-order valence-electron chi connectivity index (χ4n) is 0.967. The van der Waals surface area contributed by atoms with E-state index < -0.39 is 20.1 Å². The zero-order valence-corrected chi connectivity index (χ0v) is 12.4. The van der Waals surface area contributed by atoms with E-state index >= 15 is 0 Å². The summed E-state index contributed by atoms with van der Waals surface area (Å²) in [4.78, 5) is 12.3. The van der Waals surface area contributed by atoms with Crippen molar-refractivity contribution in [2.24, 2.45) is 0 Å². The van der Waals surface area contributed by atoms with E-state index in [4.69, 9.17) is 23.2 Å². The third kappa shape index (κ3) is 3.50. The van der Waals surface area contributed by atoms with Gasteiger partial charge in [-0.1, -0.05) is 23.2 Å². The molecule has 4 nitrogen and oxygen atoms in total. The highest BCUT2D eigenvalue weighted by atomic mass is 35.5. The first kappa shape index (κ1) is 15.6. The highest BCUT2D eigenvalue weighted by molar-refractivity contribution is 8.13. The molecule has 100 valence electrons. The lowest BCUT2D eigenvalue weighted by atomic mass is 10.3. The summed E-state index contributed by atoms with van der Waals surface area (Å²) >= 11 is 12.2. The molecule has 0 fully saturated rings. The van der Waals surface area contributed by atoms with Crippen LogP contribution in [0.5, 0.6) is 0 Å². The van der Waals surface area contributed by atoms with Crippen molar-refractivity contribution in [1.82, 2.24) is 4.90 Å². The molecule has 9 heteroatoms. The van der Waals surface area contributed by atoms with Gasteiger partial charge in [-0.15, -0.1) is 3.89 Å². The largest absolute Gasteiger partial charge is 0.339 e. The van der Waals surface area contributed by atoms with E-state index in [1.54, 1.807) is 14.1 Å². The molecule has 0 saturated carbocycles. The van der Waals surface area contributed by atoms with Crippen molar-refractivity contribution in [3.05, 3.63) is 22.2 Å². The van der Waals surface area contributed by atoms with E-state index in [0.29, 0.717) is 0 Å². The summed E-state index contributed by atoms with van der Waals surface area (Å²) in [6.45, 7) is 0. The van der Waals surface area contributed by atoms with Gasteiger partial charge in [-0.25, -0.2) is 0 Å². The molecule has 0 saturated heterocycles. The van der Waals surface area contributed by atoms with Crippen LogP contribution in [-0.2, 0) is 10.2 Å². The topological polar surface area (TPSA) is 54.5 Å². The lowest BCUT2D eigenvalue weighted by Crippen LogP contribution is -2.16. The summed E-state index contributed by atoms with van der Waals surface area (Å²) in [5.41, 5.74) is 0. The number of amides is 1. The zero-order valence-electron chi connectivity index (χ0n) is 9.28. The monoisotopic (exact) mass is 331 g/mol. The van der Waals surface area contributed by atoms with Gasteiger partial charge in [0, 0.05) is 19.0 Å². The third-order valence-corrected chi connectivity index (χ3v) is 4.91. The maximum atomic E-state index is 12.8. The van der Waals surface area contributed by atoms with Crippen molar-refractivity contribution >= 4 is 50.4 Å². The van der Waals surface area contributed by atoms with Gasteiger partial charge in [-0.05, 0) is 23.9 Å². The first-order valence-corrected chi connectivity index (χ1v) is 7.42. The molecule has 0 aliphatic rings. The van der Waals surface area contributed by atoms with Gasteiger partial charge < -0.3 is 4.90 Å². The van der Waals surface area contributed by atoms with E-state index in [1.165, 1.54) is 11.0 Å². The lowest BCUT2D eigenvalue weighted by Gasteiger charge is -2.11. The predicted molar refractivity (Wildman–Crippen MR) is 69.7 cm³/mol. The molecule has 1 rings (SSSR count). The van der Waals surface area contributed by atoms with Crippen molar-refractivity contribution in [1.29, 1.82) is 0 Å². The normalized spacial score (nSPS) is 11.4. The Hall–Kier alpha value is -0.500. The first-order chi connectivity index (χ1) is 8.14. The molecule has 1 aromatic carbocycles. The summed E-state index contributed by atoms with van der Waals surface area (Å²) in [5, 5.41) is -0.921. The zero-order chi connectivity index (χ0) is 14.1. The summed E-state index contributed by atoms with van der Waals surface area (Å²) in [6.07, 6.45) is 0. The van der Waals surface area contributed by atoms with Gasteiger partial charge in [-0.3, -0.25) is 4.79 Å². The Morgan fingerprint density at radius 3 is 2.28 bits per heavy atom. The Kier molecular flexibility index (Phi) is 4.88. The molecule has 0 heterocycles. The molecule has 0 aromatic heterocycles. The number of hydrogen-bond donors (Lipinski definition) is 0. The van der Waals surface area contributed by atoms with Gasteiger partial charge in [0.1, 0.15) is 4.90 Å². The number of carbonyl (C=O) groups excluding carboxylic acids is 1. The first-order valence-electron chi connectivity index (χ1n) is 4.46. The number of carbonyl (C=O) groups is 1. The van der Waals surface area contributed by atoms with Crippen molar-refractivity contribution in [3.8, 4) is 0 Å². The molecule has 0 radical (unpaired) electrons. The van der Waals surface area contributed by atoms with E-state index in [2.05, 4.69) is 0 Å². The van der Waals surface area contributed by atoms with Crippen LogP contribution in [0.1, 0.15) is 0 Å². The van der Waals surface area contributed by atoms with Gasteiger partial charge in [-0.2, -0.15) is 8.42 Å². The second-order valence-electron chi connectivity index (χ2n) is 3.39. The van der Waals surface area contributed by atoms with E-state index in [-0.39, 0.29) is 15.2 Å². The van der Waals surface area contributed by atoms with Crippen LogP contribution in [0, 0.1) is 0 Å². The van der Waals surface area contributed by atoms with Gasteiger partial charge >= 0.3 is 10.2 Å².